The van der Waals surface area contributed by atoms with E-state index in [9.17, 15) is 4.79 Å². The molecule has 2 aromatic rings. The van der Waals surface area contributed by atoms with Crippen molar-refractivity contribution in [3.63, 3.8) is 0 Å². The Morgan fingerprint density at radius 3 is 2.91 bits per heavy atom. The molecule has 1 amide bonds. The highest BCUT2D eigenvalue weighted by molar-refractivity contribution is 6.30. The van der Waals surface area contributed by atoms with Crippen LogP contribution in [0, 0.1) is 5.92 Å². The van der Waals surface area contributed by atoms with Crippen molar-refractivity contribution in [1.29, 1.82) is 0 Å². The molecule has 2 heterocycles. The molecule has 0 saturated carbocycles. The van der Waals surface area contributed by atoms with Crippen molar-refractivity contribution < 1.29 is 4.79 Å². The van der Waals surface area contributed by atoms with Crippen molar-refractivity contribution >= 4 is 17.5 Å². The lowest BCUT2D eigenvalue weighted by Crippen LogP contribution is -2.30. The zero-order valence-corrected chi connectivity index (χ0v) is 13.3. The standard InChI is InChI=1S/C16H19ClN4O/c1-18-8-12-6-7-20(10-12)16(22)13-9-19-21(11-13)15-4-2-14(17)3-5-15/h2-5,9,11-12,18H,6-8,10H2,1H3. The lowest BCUT2D eigenvalue weighted by atomic mass is 10.1. The topological polar surface area (TPSA) is 50.2 Å². The Hall–Kier alpha value is -1.85. The zero-order chi connectivity index (χ0) is 15.5. The molecule has 1 aliphatic rings. The summed E-state index contributed by atoms with van der Waals surface area (Å²) in [5.41, 5.74) is 1.51. The number of likely N-dealkylation sites (tertiary alicyclic amines) is 1. The Labute approximate surface area is 134 Å². The number of halogens is 1. The Morgan fingerprint density at radius 1 is 1.41 bits per heavy atom. The average molecular weight is 319 g/mol. The fourth-order valence-electron chi connectivity index (χ4n) is 2.82. The van der Waals surface area contributed by atoms with Crippen molar-refractivity contribution in [3.05, 3.63) is 47.2 Å². The van der Waals surface area contributed by atoms with Gasteiger partial charge in [-0.05, 0) is 50.2 Å². The summed E-state index contributed by atoms with van der Waals surface area (Å²) in [6.07, 6.45) is 4.46. The first-order valence-corrected chi connectivity index (χ1v) is 7.79. The van der Waals surface area contributed by atoms with E-state index in [4.69, 9.17) is 11.6 Å². The van der Waals surface area contributed by atoms with E-state index in [0.29, 0.717) is 16.5 Å². The van der Waals surface area contributed by atoms with E-state index in [0.717, 1.165) is 31.7 Å². The maximum atomic E-state index is 12.5. The molecule has 3 rings (SSSR count). The SMILES string of the molecule is CNCC1CCN(C(=O)c2cnn(-c3ccc(Cl)cc3)c2)C1. The van der Waals surface area contributed by atoms with Gasteiger partial charge >= 0.3 is 0 Å². The van der Waals surface area contributed by atoms with Crippen LogP contribution in [0.5, 0.6) is 0 Å². The average Bonchev–Trinajstić information content (AvgIpc) is 3.17. The van der Waals surface area contributed by atoms with E-state index in [2.05, 4.69) is 10.4 Å². The van der Waals surface area contributed by atoms with Crippen LogP contribution in [0.3, 0.4) is 0 Å². The number of amides is 1. The van der Waals surface area contributed by atoms with Crippen LogP contribution in [-0.2, 0) is 0 Å². The summed E-state index contributed by atoms with van der Waals surface area (Å²) in [4.78, 5) is 14.4. The molecule has 0 radical (unpaired) electrons. The lowest BCUT2D eigenvalue weighted by molar-refractivity contribution is 0.0787. The Kier molecular flexibility index (Phi) is 4.45. The molecule has 1 saturated heterocycles. The molecule has 22 heavy (non-hydrogen) atoms. The van der Waals surface area contributed by atoms with Crippen LogP contribution in [0.4, 0.5) is 0 Å². The molecule has 1 aliphatic heterocycles. The number of carbonyl (C=O) groups is 1. The van der Waals surface area contributed by atoms with Gasteiger partial charge < -0.3 is 10.2 Å². The second kappa shape index (κ2) is 6.50. The number of benzene rings is 1. The van der Waals surface area contributed by atoms with Gasteiger partial charge in [-0.1, -0.05) is 11.6 Å². The second-order valence-corrected chi connectivity index (χ2v) is 6.05. The maximum absolute atomic E-state index is 12.5. The molecule has 0 bridgehead atoms. The zero-order valence-electron chi connectivity index (χ0n) is 12.5. The highest BCUT2D eigenvalue weighted by atomic mass is 35.5. The minimum absolute atomic E-state index is 0.0545. The number of hydrogen-bond acceptors (Lipinski definition) is 3. The Balaban J connectivity index is 1.71. The van der Waals surface area contributed by atoms with Gasteiger partial charge in [-0.2, -0.15) is 5.10 Å². The van der Waals surface area contributed by atoms with Crippen LogP contribution in [0.1, 0.15) is 16.8 Å². The van der Waals surface area contributed by atoms with Crippen molar-refractivity contribution in [2.24, 2.45) is 5.92 Å². The molecular weight excluding hydrogens is 300 g/mol. The van der Waals surface area contributed by atoms with Crippen molar-refractivity contribution in [2.45, 2.75) is 6.42 Å². The summed E-state index contributed by atoms with van der Waals surface area (Å²) in [5.74, 6) is 0.596. The molecule has 6 heteroatoms. The highest BCUT2D eigenvalue weighted by Gasteiger charge is 2.27. The minimum Gasteiger partial charge on any atom is -0.338 e. The van der Waals surface area contributed by atoms with Gasteiger partial charge in [0.2, 0.25) is 0 Å². The van der Waals surface area contributed by atoms with Crippen LogP contribution in [0.15, 0.2) is 36.7 Å². The molecule has 1 unspecified atom stereocenters. The number of carbonyl (C=O) groups excluding carboxylic acids is 1. The summed E-state index contributed by atoms with van der Waals surface area (Å²) in [7, 11) is 1.95. The van der Waals surface area contributed by atoms with E-state index >= 15 is 0 Å². The predicted molar refractivity (Wildman–Crippen MR) is 86.5 cm³/mol. The summed E-state index contributed by atoms with van der Waals surface area (Å²) < 4.78 is 1.70. The summed E-state index contributed by atoms with van der Waals surface area (Å²) in [6.45, 7) is 2.58. The molecular formula is C16H19ClN4O. The van der Waals surface area contributed by atoms with Crippen LogP contribution < -0.4 is 5.32 Å². The molecule has 1 aromatic heterocycles. The van der Waals surface area contributed by atoms with Crippen LogP contribution in [0.2, 0.25) is 5.02 Å². The smallest absolute Gasteiger partial charge is 0.257 e. The molecule has 116 valence electrons. The third-order valence-electron chi connectivity index (χ3n) is 3.99. The van der Waals surface area contributed by atoms with Gasteiger partial charge in [0, 0.05) is 24.3 Å². The monoisotopic (exact) mass is 318 g/mol. The maximum Gasteiger partial charge on any atom is 0.257 e. The molecule has 1 fully saturated rings. The number of rotatable bonds is 4. The molecule has 0 spiro atoms. The number of hydrogen-bond donors (Lipinski definition) is 1. The lowest BCUT2D eigenvalue weighted by Gasteiger charge is -2.15. The van der Waals surface area contributed by atoms with E-state index < -0.39 is 0 Å². The van der Waals surface area contributed by atoms with Gasteiger partial charge in [0.1, 0.15) is 0 Å². The first-order valence-electron chi connectivity index (χ1n) is 7.42. The minimum atomic E-state index is 0.0545. The summed E-state index contributed by atoms with van der Waals surface area (Å²) in [6, 6.07) is 7.37. The fourth-order valence-corrected chi connectivity index (χ4v) is 2.95. The number of nitrogens with one attached hydrogen (secondary N) is 1. The van der Waals surface area contributed by atoms with Gasteiger partial charge in [0.15, 0.2) is 0 Å². The number of aromatic nitrogens is 2. The van der Waals surface area contributed by atoms with E-state index in [-0.39, 0.29) is 5.91 Å². The third kappa shape index (κ3) is 3.15. The molecule has 1 atom stereocenters. The van der Waals surface area contributed by atoms with Gasteiger partial charge in [-0.15, -0.1) is 0 Å². The molecule has 1 N–H and O–H groups in total. The normalized spacial score (nSPS) is 17.9. The molecule has 0 aliphatic carbocycles. The second-order valence-electron chi connectivity index (χ2n) is 5.61. The van der Waals surface area contributed by atoms with E-state index in [1.807, 2.05) is 36.2 Å². The fraction of sp³-hybridized carbons (Fsp3) is 0.375. The largest absolute Gasteiger partial charge is 0.338 e. The van der Waals surface area contributed by atoms with Crippen LogP contribution >= 0.6 is 11.6 Å². The van der Waals surface area contributed by atoms with Gasteiger partial charge in [0.25, 0.3) is 5.91 Å². The van der Waals surface area contributed by atoms with Gasteiger partial charge in [-0.25, -0.2) is 4.68 Å². The predicted octanol–water partition coefficient (Wildman–Crippen LogP) is 2.21. The van der Waals surface area contributed by atoms with Crippen molar-refractivity contribution in [3.8, 4) is 5.69 Å². The quantitative estimate of drug-likeness (QED) is 0.940. The van der Waals surface area contributed by atoms with Crippen molar-refractivity contribution in [2.75, 3.05) is 26.7 Å². The summed E-state index contributed by atoms with van der Waals surface area (Å²) in [5, 5.41) is 8.13. The first-order chi connectivity index (χ1) is 10.7. The Bertz CT molecular complexity index is 652. The first kappa shape index (κ1) is 15.1. The highest BCUT2D eigenvalue weighted by Crippen LogP contribution is 2.19. The number of nitrogens with zero attached hydrogens (tertiary/aromatic N) is 3. The van der Waals surface area contributed by atoms with Gasteiger partial charge in [-0.3, -0.25) is 4.79 Å². The molecule has 5 nitrogen and oxygen atoms in total. The summed E-state index contributed by atoms with van der Waals surface area (Å²) >= 11 is 5.88. The van der Waals surface area contributed by atoms with Crippen molar-refractivity contribution in [1.82, 2.24) is 20.0 Å². The molecule has 1 aromatic carbocycles. The third-order valence-corrected chi connectivity index (χ3v) is 4.24. The van der Waals surface area contributed by atoms with Gasteiger partial charge in [0.05, 0.1) is 17.4 Å². The van der Waals surface area contributed by atoms with Crippen LogP contribution in [-0.4, -0.2) is 47.3 Å². The van der Waals surface area contributed by atoms with E-state index in [1.165, 1.54) is 0 Å². The van der Waals surface area contributed by atoms with Crippen LogP contribution in [0.25, 0.3) is 5.69 Å². The van der Waals surface area contributed by atoms with E-state index in [1.54, 1.807) is 17.1 Å². The Morgan fingerprint density at radius 2 is 2.18 bits per heavy atom.